The summed E-state index contributed by atoms with van der Waals surface area (Å²) in [4.78, 5) is 26.9. The van der Waals surface area contributed by atoms with Gasteiger partial charge in [0.15, 0.2) is 0 Å². The number of nitrogens with one attached hydrogen (secondary N) is 1. The van der Waals surface area contributed by atoms with Gasteiger partial charge in [-0.2, -0.15) is 0 Å². The van der Waals surface area contributed by atoms with Crippen molar-refractivity contribution in [2.24, 2.45) is 5.92 Å². The zero-order valence-corrected chi connectivity index (χ0v) is 15.2. The molecular formula is C20H28N2O3. The van der Waals surface area contributed by atoms with E-state index in [2.05, 4.69) is 11.4 Å². The Morgan fingerprint density at radius 2 is 2.08 bits per heavy atom. The summed E-state index contributed by atoms with van der Waals surface area (Å²) in [5.41, 5.74) is 1.18. The topological polar surface area (TPSA) is 58.6 Å². The van der Waals surface area contributed by atoms with Gasteiger partial charge in [-0.1, -0.05) is 18.6 Å². The fraction of sp³-hybridized carbons (Fsp3) is 0.600. The molecule has 0 bridgehead atoms. The first-order valence-corrected chi connectivity index (χ1v) is 9.32. The van der Waals surface area contributed by atoms with E-state index in [0.29, 0.717) is 0 Å². The van der Waals surface area contributed by atoms with Crippen molar-refractivity contribution in [3.05, 3.63) is 29.8 Å². The number of methoxy groups -OCH3 is 1. The maximum atomic E-state index is 12.8. The largest absolute Gasteiger partial charge is 0.497 e. The van der Waals surface area contributed by atoms with Gasteiger partial charge in [0, 0.05) is 18.5 Å². The van der Waals surface area contributed by atoms with Gasteiger partial charge in [0.25, 0.3) is 0 Å². The number of amides is 2. The smallest absolute Gasteiger partial charge is 0.245 e. The number of hydrogen-bond donors (Lipinski definition) is 1. The number of likely N-dealkylation sites (tertiary alicyclic amines) is 1. The van der Waals surface area contributed by atoms with Crippen LogP contribution in [-0.4, -0.2) is 42.5 Å². The van der Waals surface area contributed by atoms with Crippen LogP contribution in [-0.2, 0) is 16.0 Å². The van der Waals surface area contributed by atoms with Crippen LogP contribution in [0.15, 0.2) is 24.3 Å². The number of ether oxygens (including phenoxy) is 1. The van der Waals surface area contributed by atoms with E-state index in [1.807, 2.05) is 23.1 Å². The first-order chi connectivity index (χ1) is 12.1. The lowest BCUT2D eigenvalue weighted by Gasteiger charge is -2.30. The summed E-state index contributed by atoms with van der Waals surface area (Å²) in [6, 6.07) is 7.77. The van der Waals surface area contributed by atoms with Gasteiger partial charge in [0.1, 0.15) is 11.8 Å². The molecule has 1 aromatic rings. The molecule has 0 radical (unpaired) electrons. The van der Waals surface area contributed by atoms with Gasteiger partial charge in [-0.25, -0.2) is 0 Å². The standard InChI is InChI=1S/C20H28N2O3/c1-14(21-19(23)16-7-4-8-16)20(24)22-11-5-9-17(22)12-15-6-3-10-18(13-15)25-2/h3,6,10,13-14,16-17H,4-5,7-9,11-12H2,1-2H3,(H,21,23)/t14-,17-/m0/s1. The third kappa shape index (κ3) is 4.14. The predicted octanol–water partition coefficient (Wildman–Crippen LogP) is 2.53. The van der Waals surface area contributed by atoms with Crippen molar-refractivity contribution in [1.82, 2.24) is 10.2 Å². The third-order valence-electron chi connectivity index (χ3n) is 5.47. The molecule has 5 nitrogen and oxygen atoms in total. The summed E-state index contributed by atoms with van der Waals surface area (Å²) >= 11 is 0. The van der Waals surface area contributed by atoms with Crippen LogP contribution in [0.3, 0.4) is 0 Å². The normalized spacial score (nSPS) is 21.5. The summed E-state index contributed by atoms with van der Waals surface area (Å²) in [6.07, 6.45) is 5.88. The van der Waals surface area contributed by atoms with E-state index in [4.69, 9.17) is 4.74 Å². The first-order valence-electron chi connectivity index (χ1n) is 9.32. The van der Waals surface area contributed by atoms with Crippen molar-refractivity contribution >= 4 is 11.8 Å². The van der Waals surface area contributed by atoms with E-state index in [1.165, 1.54) is 5.56 Å². The van der Waals surface area contributed by atoms with Crippen LogP contribution in [0.4, 0.5) is 0 Å². The Morgan fingerprint density at radius 3 is 2.76 bits per heavy atom. The lowest BCUT2D eigenvalue weighted by Crippen LogP contribution is -2.50. The Bertz CT molecular complexity index is 627. The fourth-order valence-corrected chi connectivity index (χ4v) is 3.72. The second-order valence-corrected chi connectivity index (χ2v) is 7.24. The molecule has 1 saturated carbocycles. The zero-order chi connectivity index (χ0) is 17.8. The van der Waals surface area contributed by atoms with Crippen molar-refractivity contribution in [1.29, 1.82) is 0 Å². The Labute approximate surface area is 149 Å². The van der Waals surface area contributed by atoms with Crippen molar-refractivity contribution in [2.75, 3.05) is 13.7 Å². The van der Waals surface area contributed by atoms with Gasteiger partial charge in [-0.3, -0.25) is 9.59 Å². The van der Waals surface area contributed by atoms with Gasteiger partial charge >= 0.3 is 0 Å². The molecule has 0 unspecified atom stereocenters. The minimum absolute atomic E-state index is 0.0376. The highest BCUT2D eigenvalue weighted by Crippen LogP contribution is 2.27. The second-order valence-electron chi connectivity index (χ2n) is 7.24. The Morgan fingerprint density at radius 1 is 1.28 bits per heavy atom. The predicted molar refractivity (Wildman–Crippen MR) is 96.4 cm³/mol. The Balaban J connectivity index is 1.59. The summed E-state index contributed by atoms with van der Waals surface area (Å²) in [6.45, 7) is 2.58. The first kappa shape index (κ1) is 17.8. The van der Waals surface area contributed by atoms with Crippen LogP contribution in [0.2, 0.25) is 0 Å². The SMILES string of the molecule is COc1cccc(C[C@@H]2CCCN2C(=O)[C@H](C)NC(=O)C2CCC2)c1. The van der Waals surface area contributed by atoms with Gasteiger partial charge in [0.05, 0.1) is 7.11 Å². The molecule has 1 heterocycles. The van der Waals surface area contributed by atoms with Crippen LogP contribution in [0.5, 0.6) is 5.75 Å². The molecule has 2 fully saturated rings. The van der Waals surface area contributed by atoms with Gasteiger partial charge in [0.2, 0.25) is 11.8 Å². The molecule has 3 rings (SSSR count). The highest BCUT2D eigenvalue weighted by atomic mass is 16.5. The maximum Gasteiger partial charge on any atom is 0.245 e. The molecule has 2 aliphatic rings. The van der Waals surface area contributed by atoms with E-state index >= 15 is 0 Å². The number of nitrogens with zero attached hydrogens (tertiary/aromatic N) is 1. The lowest BCUT2D eigenvalue weighted by atomic mass is 9.84. The average molecular weight is 344 g/mol. The highest BCUT2D eigenvalue weighted by Gasteiger charge is 2.33. The number of hydrogen-bond acceptors (Lipinski definition) is 3. The molecule has 2 atom stereocenters. The molecule has 1 saturated heterocycles. The highest BCUT2D eigenvalue weighted by molar-refractivity contribution is 5.88. The number of carbonyl (C=O) groups excluding carboxylic acids is 2. The van der Waals surface area contributed by atoms with Crippen molar-refractivity contribution in [3.63, 3.8) is 0 Å². The summed E-state index contributed by atoms with van der Waals surface area (Å²) in [5.74, 6) is 1.03. The van der Waals surface area contributed by atoms with E-state index in [9.17, 15) is 9.59 Å². The van der Waals surface area contributed by atoms with E-state index < -0.39 is 6.04 Å². The quantitative estimate of drug-likeness (QED) is 0.863. The molecule has 1 aromatic carbocycles. The van der Waals surface area contributed by atoms with Gasteiger partial charge in [-0.05, 0) is 56.7 Å². The second kappa shape index (κ2) is 7.89. The number of carbonyl (C=O) groups is 2. The van der Waals surface area contributed by atoms with E-state index in [0.717, 1.165) is 50.8 Å². The fourth-order valence-electron chi connectivity index (χ4n) is 3.72. The van der Waals surface area contributed by atoms with Crippen molar-refractivity contribution in [2.45, 2.75) is 57.5 Å². The van der Waals surface area contributed by atoms with Crippen LogP contribution in [0.25, 0.3) is 0 Å². The van der Waals surface area contributed by atoms with Crippen LogP contribution >= 0.6 is 0 Å². The molecular weight excluding hydrogens is 316 g/mol. The molecule has 1 aliphatic heterocycles. The van der Waals surface area contributed by atoms with Gasteiger partial charge in [-0.15, -0.1) is 0 Å². The molecule has 25 heavy (non-hydrogen) atoms. The summed E-state index contributed by atoms with van der Waals surface area (Å²) in [5, 5.41) is 2.91. The minimum atomic E-state index is -0.445. The molecule has 136 valence electrons. The van der Waals surface area contributed by atoms with E-state index in [1.54, 1.807) is 14.0 Å². The lowest BCUT2D eigenvalue weighted by molar-refractivity contribution is -0.138. The maximum absolute atomic E-state index is 12.8. The summed E-state index contributed by atoms with van der Waals surface area (Å²) in [7, 11) is 1.66. The van der Waals surface area contributed by atoms with Crippen LogP contribution in [0.1, 0.15) is 44.6 Å². The van der Waals surface area contributed by atoms with E-state index in [-0.39, 0.29) is 23.8 Å². The monoisotopic (exact) mass is 344 g/mol. The number of benzene rings is 1. The van der Waals surface area contributed by atoms with Crippen molar-refractivity contribution in [3.8, 4) is 5.75 Å². The Kier molecular flexibility index (Phi) is 5.61. The molecule has 1 N–H and O–H groups in total. The minimum Gasteiger partial charge on any atom is -0.497 e. The van der Waals surface area contributed by atoms with Crippen LogP contribution in [0, 0.1) is 5.92 Å². The zero-order valence-electron chi connectivity index (χ0n) is 15.2. The van der Waals surface area contributed by atoms with Crippen LogP contribution < -0.4 is 10.1 Å². The third-order valence-corrected chi connectivity index (χ3v) is 5.47. The van der Waals surface area contributed by atoms with Gasteiger partial charge < -0.3 is 15.0 Å². The molecule has 2 amide bonds. The number of rotatable bonds is 6. The molecule has 0 aromatic heterocycles. The van der Waals surface area contributed by atoms with Crippen molar-refractivity contribution < 1.29 is 14.3 Å². The average Bonchev–Trinajstić information content (AvgIpc) is 3.00. The summed E-state index contributed by atoms with van der Waals surface area (Å²) < 4.78 is 5.29. The molecule has 0 spiro atoms. The molecule has 5 heteroatoms. The Hall–Kier alpha value is -2.04. The molecule has 1 aliphatic carbocycles.